The second-order valence-electron chi connectivity index (χ2n) is 4.57. The van der Waals surface area contributed by atoms with Crippen LogP contribution in [0.4, 0.5) is 19.0 Å². The van der Waals surface area contributed by atoms with Gasteiger partial charge in [-0.15, -0.1) is 0 Å². The van der Waals surface area contributed by atoms with Crippen LogP contribution in [0, 0.1) is 0 Å². The molecule has 0 aliphatic carbocycles. The van der Waals surface area contributed by atoms with Crippen molar-refractivity contribution in [2.45, 2.75) is 12.6 Å². The quantitative estimate of drug-likeness (QED) is 0.827. The molecule has 1 aromatic rings. The summed E-state index contributed by atoms with van der Waals surface area (Å²) >= 11 is 3.31. The zero-order valence-electron chi connectivity index (χ0n) is 10.3. The third-order valence-corrected chi connectivity index (χ3v) is 3.50. The van der Waals surface area contributed by atoms with E-state index in [0.717, 1.165) is 16.8 Å². The van der Waals surface area contributed by atoms with E-state index in [1.807, 2.05) is 17.0 Å². The number of aromatic nitrogens is 1. The molecule has 0 bridgehead atoms. The van der Waals surface area contributed by atoms with Gasteiger partial charge in [0.2, 0.25) is 0 Å². The van der Waals surface area contributed by atoms with Crippen LogP contribution in [0.2, 0.25) is 0 Å². The van der Waals surface area contributed by atoms with Gasteiger partial charge in [0.1, 0.15) is 5.82 Å². The van der Waals surface area contributed by atoms with Crippen LogP contribution in [0.1, 0.15) is 6.42 Å². The maximum absolute atomic E-state index is 12.4. The molecule has 3 nitrogen and oxygen atoms in total. The molecule has 0 N–H and O–H groups in total. The Hall–Kier alpha value is -0.820. The molecule has 2 rings (SSSR count). The van der Waals surface area contributed by atoms with E-state index in [1.165, 1.54) is 4.90 Å². The van der Waals surface area contributed by atoms with Crippen molar-refractivity contribution in [1.29, 1.82) is 0 Å². The van der Waals surface area contributed by atoms with E-state index < -0.39 is 12.7 Å². The molecular formula is C12H15BrF3N3. The van der Waals surface area contributed by atoms with E-state index in [0.29, 0.717) is 26.1 Å². The van der Waals surface area contributed by atoms with E-state index in [9.17, 15) is 13.2 Å². The Morgan fingerprint density at radius 1 is 1.16 bits per heavy atom. The monoisotopic (exact) mass is 337 g/mol. The average molecular weight is 338 g/mol. The molecule has 1 fully saturated rings. The normalized spacial score (nSPS) is 18.4. The maximum atomic E-state index is 12.4. The van der Waals surface area contributed by atoms with E-state index in [-0.39, 0.29) is 0 Å². The summed E-state index contributed by atoms with van der Waals surface area (Å²) in [6, 6.07) is 3.77. The van der Waals surface area contributed by atoms with Gasteiger partial charge >= 0.3 is 6.18 Å². The lowest BCUT2D eigenvalue weighted by Gasteiger charge is -2.23. The number of pyridine rings is 1. The second kappa shape index (κ2) is 6.09. The van der Waals surface area contributed by atoms with Crippen molar-refractivity contribution < 1.29 is 13.2 Å². The van der Waals surface area contributed by atoms with Gasteiger partial charge in [0.05, 0.1) is 6.54 Å². The van der Waals surface area contributed by atoms with Crippen LogP contribution in [0.5, 0.6) is 0 Å². The summed E-state index contributed by atoms with van der Waals surface area (Å²) in [5.41, 5.74) is 0. The SMILES string of the molecule is FC(F)(F)CN1CCCN(c2ccc(Br)cn2)CC1. The van der Waals surface area contributed by atoms with Gasteiger partial charge < -0.3 is 4.90 Å². The molecule has 0 saturated carbocycles. The molecule has 0 radical (unpaired) electrons. The van der Waals surface area contributed by atoms with E-state index in [2.05, 4.69) is 20.9 Å². The highest BCUT2D eigenvalue weighted by Gasteiger charge is 2.31. The Labute approximate surface area is 118 Å². The van der Waals surface area contributed by atoms with Gasteiger partial charge in [-0.1, -0.05) is 0 Å². The summed E-state index contributed by atoms with van der Waals surface area (Å²) in [5, 5.41) is 0. The highest BCUT2D eigenvalue weighted by Crippen LogP contribution is 2.20. The summed E-state index contributed by atoms with van der Waals surface area (Å²) in [4.78, 5) is 7.77. The van der Waals surface area contributed by atoms with Crippen LogP contribution < -0.4 is 4.90 Å². The molecule has 1 aliphatic rings. The molecule has 1 aromatic heterocycles. The number of halogens is 4. The minimum Gasteiger partial charge on any atom is -0.355 e. The standard InChI is InChI=1S/C12H15BrF3N3/c13-10-2-3-11(17-8-10)19-5-1-4-18(6-7-19)9-12(14,15)16/h2-3,8H,1,4-7,9H2. The molecule has 1 saturated heterocycles. The highest BCUT2D eigenvalue weighted by atomic mass is 79.9. The van der Waals surface area contributed by atoms with Gasteiger partial charge in [0.25, 0.3) is 0 Å². The predicted molar refractivity (Wildman–Crippen MR) is 71.3 cm³/mol. The Balaban J connectivity index is 1.95. The van der Waals surface area contributed by atoms with E-state index in [4.69, 9.17) is 0 Å². The molecule has 0 aromatic carbocycles. The number of hydrogen-bond donors (Lipinski definition) is 0. The molecule has 0 amide bonds. The van der Waals surface area contributed by atoms with Crippen LogP contribution >= 0.6 is 15.9 Å². The van der Waals surface area contributed by atoms with Crippen molar-refractivity contribution in [3.8, 4) is 0 Å². The van der Waals surface area contributed by atoms with Crippen molar-refractivity contribution in [3.63, 3.8) is 0 Å². The molecule has 19 heavy (non-hydrogen) atoms. The number of hydrogen-bond acceptors (Lipinski definition) is 3. The molecule has 2 heterocycles. The molecule has 0 spiro atoms. The Kier molecular flexibility index (Phi) is 4.67. The van der Waals surface area contributed by atoms with Gasteiger partial charge in [0.15, 0.2) is 0 Å². The zero-order valence-corrected chi connectivity index (χ0v) is 11.9. The lowest BCUT2D eigenvalue weighted by Crippen LogP contribution is -2.37. The predicted octanol–water partition coefficient (Wildman–Crippen LogP) is 2.92. The molecule has 0 atom stereocenters. The van der Waals surface area contributed by atoms with Gasteiger partial charge in [-0.3, -0.25) is 4.90 Å². The van der Waals surface area contributed by atoms with Crippen LogP contribution in [0.15, 0.2) is 22.8 Å². The van der Waals surface area contributed by atoms with Gasteiger partial charge in [-0.25, -0.2) is 4.98 Å². The Morgan fingerprint density at radius 2 is 1.95 bits per heavy atom. The van der Waals surface area contributed by atoms with Crippen LogP contribution in [0.25, 0.3) is 0 Å². The molecule has 106 valence electrons. The minimum absolute atomic E-state index is 0.414. The lowest BCUT2D eigenvalue weighted by molar-refractivity contribution is -0.145. The Bertz CT molecular complexity index is 408. The Morgan fingerprint density at radius 3 is 2.58 bits per heavy atom. The minimum atomic E-state index is -4.12. The fraction of sp³-hybridized carbons (Fsp3) is 0.583. The fourth-order valence-electron chi connectivity index (χ4n) is 2.17. The van der Waals surface area contributed by atoms with Crippen molar-refractivity contribution in [2.75, 3.05) is 37.6 Å². The highest BCUT2D eigenvalue weighted by molar-refractivity contribution is 9.10. The number of alkyl halides is 3. The molecule has 0 unspecified atom stereocenters. The maximum Gasteiger partial charge on any atom is 0.401 e. The summed E-state index contributed by atoms with van der Waals surface area (Å²) in [7, 11) is 0. The van der Waals surface area contributed by atoms with Gasteiger partial charge in [-0.2, -0.15) is 13.2 Å². The van der Waals surface area contributed by atoms with Crippen molar-refractivity contribution in [2.24, 2.45) is 0 Å². The van der Waals surface area contributed by atoms with Gasteiger partial charge in [0, 0.05) is 36.8 Å². The van der Waals surface area contributed by atoms with Crippen molar-refractivity contribution >= 4 is 21.7 Å². The summed E-state index contributed by atoms with van der Waals surface area (Å²) in [6.45, 7) is 1.38. The van der Waals surface area contributed by atoms with E-state index >= 15 is 0 Å². The first kappa shape index (κ1) is 14.6. The smallest absolute Gasteiger partial charge is 0.355 e. The first-order valence-corrected chi connectivity index (χ1v) is 6.89. The third kappa shape index (κ3) is 4.65. The summed E-state index contributed by atoms with van der Waals surface area (Å²) < 4.78 is 38.0. The van der Waals surface area contributed by atoms with Crippen molar-refractivity contribution in [3.05, 3.63) is 22.8 Å². The average Bonchev–Trinajstić information content (AvgIpc) is 2.54. The largest absolute Gasteiger partial charge is 0.401 e. The first-order chi connectivity index (χ1) is 8.94. The number of rotatable bonds is 2. The van der Waals surface area contributed by atoms with Crippen LogP contribution in [-0.4, -0.2) is 48.8 Å². The van der Waals surface area contributed by atoms with Crippen molar-refractivity contribution in [1.82, 2.24) is 9.88 Å². The summed E-state index contributed by atoms with van der Waals surface area (Å²) in [5.74, 6) is 0.817. The number of nitrogens with zero attached hydrogens (tertiary/aromatic N) is 3. The van der Waals surface area contributed by atoms with Crippen LogP contribution in [-0.2, 0) is 0 Å². The summed E-state index contributed by atoms with van der Waals surface area (Å²) in [6.07, 6.45) is -1.70. The number of anilines is 1. The second-order valence-corrected chi connectivity index (χ2v) is 5.48. The van der Waals surface area contributed by atoms with Crippen LogP contribution in [0.3, 0.4) is 0 Å². The first-order valence-electron chi connectivity index (χ1n) is 6.10. The topological polar surface area (TPSA) is 19.4 Å². The molecule has 7 heteroatoms. The molecular weight excluding hydrogens is 323 g/mol. The fourth-order valence-corrected chi connectivity index (χ4v) is 2.40. The third-order valence-electron chi connectivity index (χ3n) is 3.03. The lowest BCUT2D eigenvalue weighted by atomic mass is 10.3. The van der Waals surface area contributed by atoms with Gasteiger partial charge in [-0.05, 0) is 34.5 Å². The van der Waals surface area contributed by atoms with E-state index in [1.54, 1.807) is 6.20 Å². The zero-order chi connectivity index (χ0) is 13.9. The molecule has 1 aliphatic heterocycles.